The van der Waals surface area contributed by atoms with Crippen molar-refractivity contribution < 1.29 is 19.1 Å². The highest BCUT2D eigenvalue weighted by atomic mass is 16.5. The Labute approximate surface area is 150 Å². The van der Waals surface area contributed by atoms with Crippen molar-refractivity contribution in [3.8, 4) is 0 Å². The lowest BCUT2D eigenvalue weighted by atomic mass is 10.0. The second kappa shape index (κ2) is 11.7. The summed E-state index contributed by atoms with van der Waals surface area (Å²) in [7, 11) is 0. The Kier molecular flexibility index (Phi) is 9.09. The molecule has 0 amide bonds. The van der Waals surface area contributed by atoms with Crippen LogP contribution in [0.1, 0.15) is 80.1 Å². The summed E-state index contributed by atoms with van der Waals surface area (Å²) in [5.41, 5.74) is 1.15. The summed E-state index contributed by atoms with van der Waals surface area (Å²) in [6, 6.07) is 7.13. The first-order chi connectivity index (χ1) is 12.3. The molecule has 0 saturated carbocycles. The minimum atomic E-state index is -0.346. The third kappa shape index (κ3) is 7.72. The molecular weight excluding hydrogens is 316 g/mol. The molecule has 4 heteroatoms. The minimum Gasteiger partial charge on any atom is -0.465 e. The number of rotatable bonds is 0. The van der Waals surface area contributed by atoms with Crippen LogP contribution in [-0.2, 0) is 20.7 Å². The zero-order valence-electron chi connectivity index (χ0n) is 15.1. The fourth-order valence-electron chi connectivity index (χ4n) is 3.13. The van der Waals surface area contributed by atoms with E-state index in [0.717, 1.165) is 25.7 Å². The van der Waals surface area contributed by atoms with Crippen LogP contribution in [0.15, 0.2) is 24.3 Å². The van der Waals surface area contributed by atoms with Gasteiger partial charge in [-0.25, -0.2) is 4.79 Å². The van der Waals surface area contributed by atoms with Gasteiger partial charge in [0.1, 0.15) is 0 Å². The van der Waals surface area contributed by atoms with E-state index in [4.69, 9.17) is 9.47 Å². The van der Waals surface area contributed by atoms with Crippen molar-refractivity contribution in [1.82, 2.24) is 0 Å². The van der Waals surface area contributed by atoms with Gasteiger partial charge in [-0.3, -0.25) is 4.79 Å². The zero-order valence-corrected chi connectivity index (χ0v) is 15.1. The van der Waals surface area contributed by atoms with Crippen LogP contribution < -0.4 is 0 Å². The van der Waals surface area contributed by atoms with E-state index in [-0.39, 0.29) is 18.4 Å². The lowest BCUT2D eigenvalue weighted by molar-refractivity contribution is -0.142. The van der Waals surface area contributed by atoms with Crippen molar-refractivity contribution in [2.24, 2.45) is 0 Å². The molecule has 25 heavy (non-hydrogen) atoms. The number of esters is 2. The van der Waals surface area contributed by atoms with Gasteiger partial charge in [0.2, 0.25) is 0 Å². The fraction of sp³-hybridized carbons (Fsp3) is 0.619. The van der Waals surface area contributed by atoms with Gasteiger partial charge in [0.15, 0.2) is 0 Å². The van der Waals surface area contributed by atoms with E-state index in [0.29, 0.717) is 24.3 Å². The van der Waals surface area contributed by atoms with Gasteiger partial charge in [-0.15, -0.1) is 0 Å². The number of benzene rings is 1. The summed E-state index contributed by atoms with van der Waals surface area (Å²) >= 11 is 0. The maximum atomic E-state index is 12.3. The molecule has 0 saturated heterocycles. The van der Waals surface area contributed by atoms with Crippen LogP contribution in [0, 0.1) is 0 Å². The van der Waals surface area contributed by atoms with Gasteiger partial charge in [0, 0.05) is 0 Å². The first-order valence-electron chi connectivity index (χ1n) is 9.68. The monoisotopic (exact) mass is 346 g/mol. The minimum absolute atomic E-state index is 0.116. The number of ether oxygens (including phenoxy) is 2. The molecule has 4 nitrogen and oxygen atoms in total. The molecule has 0 N–H and O–H groups in total. The molecule has 2 rings (SSSR count). The second-order valence-corrected chi connectivity index (χ2v) is 6.73. The summed E-state index contributed by atoms with van der Waals surface area (Å²) in [5, 5.41) is 0. The van der Waals surface area contributed by atoms with Crippen LogP contribution in [0.25, 0.3) is 0 Å². The molecule has 0 bridgehead atoms. The quantitative estimate of drug-likeness (QED) is 0.631. The normalized spacial score (nSPS) is 19.5. The van der Waals surface area contributed by atoms with Crippen LogP contribution in [-0.4, -0.2) is 25.2 Å². The van der Waals surface area contributed by atoms with Crippen molar-refractivity contribution in [2.75, 3.05) is 13.2 Å². The molecule has 0 fully saturated rings. The Bertz CT molecular complexity index is 538. The third-order valence-electron chi connectivity index (χ3n) is 4.61. The molecule has 0 atom stereocenters. The number of hydrogen-bond donors (Lipinski definition) is 0. The molecule has 1 aliphatic heterocycles. The predicted octanol–water partition coefficient (Wildman–Crippen LogP) is 4.84. The average molecular weight is 346 g/mol. The van der Waals surface area contributed by atoms with Crippen LogP contribution in [0.2, 0.25) is 0 Å². The van der Waals surface area contributed by atoms with E-state index in [1.165, 1.54) is 38.5 Å². The summed E-state index contributed by atoms with van der Waals surface area (Å²) in [4.78, 5) is 24.3. The van der Waals surface area contributed by atoms with Gasteiger partial charge in [0.25, 0.3) is 0 Å². The highest BCUT2D eigenvalue weighted by molar-refractivity contribution is 5.92. The first-order valence-corrected chi connectivity index (χ1v) is 9.68. The van der Waals surface area contributed by atoms with E-state index in [9.17, 15) is 9.59 Å². The lowest BCUT2D eigenvalue weighted by Crippen LogP contribution is -2.14. The summed E-state index contributed by atoms with van der Waals surface area (Å²) < 4.78 is 10.7. The highest BCUT2D eigenvalue weighted by Gasteiger charge is 2.15. The molecule has 1 heterocycles. The molecule has 1 aromatic carbocycles. The third-order valence-corrected chi connectivity index (χ3v) is 4.61. The SMILES string of the molecule is O=C1Cc2ccccc2C(=O)OCCCCCCCCCCCCO1. The number of cyclic esters (lactones) is 2. The van der Waals surface area contributed by atoms with E-state index >= 15 is 0 Å². The molecule has 0 spiro atoms. The molecule has 0 unspecified atom stereocenters. The number of carbonyl (C=O) groups is 2. The molecule has 0 radical (unpaired) electrons. The molecule has 0 aromatic heterocycles. The number of carbonyl (C=O) groups excluding carboxylic acids is 2. The van der Waals surface area contributed by atoms with Crippen molar-refractivity contribution >= 4 is 11.9 Å². The van der Waals surface area contributed by atoms with Crippen molar-refractivity contribution in [3.05, 3.63) is 35.4 Å². The van der Waals surface area contributed by atoms with E-state index in [2.05, 4.69) is 0 Å². The molecular formula is C21H30O4. The largest absolute Gasteiger partial charge is 0.465 e. The Hall–Kier alpha value is -1.84. The maximum Gasteiger partial charge on any atom is 0.338 e. The van der Waals surface area contributed by atoms with E-state index < -0.39 is 0 Å². The van der Waals surface area contributed by atoms with E-state index in [1.54, 1.807) is 18.2 Å². The van der Waals surface area contributed by atoms with Crippen LogP contribution in [0.3, 0.4) is 0 Å². The fourth-order valence-corrected chi connectivity index (χ4v) is 3.13. The first kappa shape index (κ1) is 19.5. The van der Waals surface area contributed by atoms with Crippen LogP contribution in [0.4, 0.5) is 0 Å². The van der Waals surface area contributed by atoms with Crippen LogP contribution >= 0.6 is 0 Å². The van der Waals surface area contributed by atoms with Gasteiger partial charge in [-0.1, -0.05) is 69.6 Å². The zero-order chi connectivity index (χ0) is 17.7. The van der Waals surface area contributed by atoms with Crippen molar-refractivity contribution in [3.63, 3.8) is 0 Å². The smallest absolute Gasteiger partial charge is 0.338 e. The Morgan fingerprint density at radius 3 is 1.80 bits per heavy atom. The van der Waals surface area contributed by atoms with E-state index in [1.807, 2.05) is 6.07 Å². The Morgan fingerprint density at radius 2 is 1.16 bits per heavy atom. The lowest BCUT2D eigenvalue weighted by Gasteiger charge is -2.10. The highest BCUT2D eigenvalue weighted by Crippen LogP contribution is 2.14. The van der Waals surface area contributed by atoms with Gasteiger partial charge in [0.05, 0.1) is 25.2 Å². The van der Waals surface area contributed by atoms with Crippen LogP contribution in [0.5, 0.6) is 0 Å². The van der Waals surface area contributed by atoms with Crippen molar-refractivity contribution in [1.29, 1.82) is 0 Å². The average Bonchev–Trinajstić information content (AvgIpc) is 2.61. The molecule has 1 aliphatic rings. The summed E-state index contributed by atoms with van der Waals surface area (Å²) in [5.74, 6) is -0.625. The predicted molar refractivity (Wildman–Crippen MR) is 97.6 cm³/mol. The maximum absolute atomic E-state index is 12.3. The van der Waals surface area contributed by atoms with Crippen molar-refractivity contribution in [2.45, 2.75) is 70.6 Å². The number of fused-ring (bicyclic) bond motifs is 1. The topological polar surface area (TPSA) is 52.6 Å². The van der Waals surface area contributed by atoms with Gasteiger partial charge in [-0.05, 0) is 24.5 Å². The summed E-state index contributed by atoms with van der Waals surface area (Å²) in [6.07, 6.45) is 11.6. The standard InChI is InChI=1S/C21H30O4/c22-20-17-18-13-9-10-14-19(18)21(23)25-16-12-8-6-4-2-1-3-5-7-11-15-24-20/h9-10,13-14H,1-8,11-12,15-17H2. The van der Waals surface area contributed by atoms with Gasteiger partial charge < -0.3 is 9.47 Å². The Morgan fingerprint density at radius 1 is 0.640 bits per heavy atom. The molecule has 138 valence electrons. The molecule has 1 aromatic rings. The second-order valence-electron chi connectivity index (χ2n) is 6.73. The molecule has 0 aliphatic carbocycles. The number of hydrogen-bond acceptors (Lipinski definition) is 4. The summed E-state index contributed by atoms with van der Waals surface area (Å²) in [6.45, 7) is 0.906. The van der Waals surface area contributed by atoms with Gasteiger partial charge in [-0.2, -0.15) is 0 Å². The van der Waals surface area contributed by atoms with Gasteiger partial charge >= 0.3 is 11.9 Å². The Balaban J connectivity index is 1.93.